The van der Waals surface area contributed by atoms with Crippen molar-refractivity contribution in [2.75, 3.05) is 0 Å². The quantitative estimate of drug-likeness (QED) is 0.787. The summed E-state index contributed by atoms with van der Waals surface area (Å²) in [5, 5.41) is 2.86. The van der Waals surface area contributed by atoms with Gasteiger partial charge in [-0.3, -0.25) is 9.59 Å². The standard InChI is InChI=1S/C22H17NO3/c24-20-17-13-7-8-14-18(17)26-21(15-9-3-1-4-10-15)19(20)23-22(25)16-11-5-2-6-12-16/h1-14,19,21H,(H,23,25)/t19-,21+/m1/s1. The van der Waals surface area contributed by atoms with Gasteiger partial charge in [-0.2, -0.15) is 0 Å². The molecule has 0 saturated carbocycles. The number of fused-ring (bicyclic) bond motifs is 1. The fourth-order valence-corrected chi connectivity index (χ4v) is 3.14. The lowest BCUT2D eigenvalue weighted by atomic mass is 9.91. The number of amides is 1. The highest BCUT2D eigenvalue weighted by atomic mass is 16.5. The number of para-hydroxylation sites is 1. The van der Waals surface area contributed by atoms with Gasteiger partial charge in [-0.15, -0.1) is 0 Å². The molecule has 1 aliphatic rings. The van der Waals surface area contributed by atoms with Crippen molar-refractivity contribution in [1.29, 1.82) is 0 Å². The zero-order valence-electron chi connectivity index (χ0n) is 14.0. The van der Waals surface area contributed by atoms with E-state index in [9.17, 15) is 9.59 Å². The number of Topliss-reactive ketones (excluding diaryl/α,β-unsaturated/α-hetero) is 1. The average Bonchev–Trinajstić information content (AvgIpc) is 2.71. The fourth-order valence-electron chi connectivity index (χ4n) is 3.14. The van der Waals surface area contributed by atoms with Crippen LogP contribution in [0.5, 0.6) is 5.75 Å². The molecule has 0 radical (unpaired) electrons. The molecule has 1 amide bonds. The second kappa shape index (κ2) is 6.84. The van der Waals surface area contributed by atoms with Crippen molar-refractivity contribution in [2.24, 2.45) is 0 Å². The van der Waals surface area contributed by atoms with Crippen LogP contribution < -0.4 is 10.1 Å². The molecule has 4 rings (SSSR count). The molecule has 1 aliphatic heterocycles. The molecule has 0 spiro atoms. The number of hydrogen-bond donors (Lipinski definition) is 1. The van der Waals surface area contributed by atoms with Crippen LogP contribution in [-0.2, 0) is 0 Å². The molecule has 1 N–H and O–H groups in total. The van der Waals surface area contributed by atoms with Crippen LogP contribution >= 0.6 is 0 Å². The topological polar surface area (TPSA) is 55.4 Å². The molecule has 0 aliphatic carbocycles. The number of carbonyl (C=O) groups is 2. The highest BCUT2D eigenvalue weighted by molar-refractivity contribution is 6.07. The van der Waals surface area contributed by atoms with Gasteiger partial charge in [0.2, 0.25) is 0 Å². The van der Waals surface area contributed by atoms with E-state index in [0.717, 1.165) is 5.56 Å². The van der Waals surface area contributed by atoms with Crippen LogP contribution in [0.4, 0.5) is 0 Å². The van der Waals surface area contributed by atoms with Gasteiger partial charge in [0.15, 0.2) is 11.9 Å². The van der Waals surface area contributed by atoms with Gasteiger partial charge in [0.25, 0.3) is 5.91 Å². The summed E-state index contributed by atoms with van der Waals surface area (Å²) in [4.78, 5) is 25.7. The minimum absolute atomic E-state index is 0.148. The summed E-state index contributed by atoms with van der Waals surface area (Å²) >= 11 is 0. The Morgan fingerprint density at radius 3 is 2.15 bits per heavy atom. The first-order valence-electron chi connectivity index (χ1n) is 8.45. The van der Waals surface area contributed by atoms with Crippen LogP contribution in [0.15, 0.2) is 84.9 Å². The summed E-state index contributed by atoms with van der Waals surface area (Å²) in [5.74, 6) is 0.0920. The van der Waals surface area contributed by atoms with Crippen LogP contribution in [0.1, 0.15) is 32.4 Å². The van der Waals surface area contributed by atoms with Crippen molar-refractivity contribution in [3.8, 4) is 5.75 Å². The molecule has 4 heteroatoms. The maximum Gasteiger partial charge on any atom is 0.252 e. The maximum absolute atomic E-state index is 13.1. The predicted octanol–water partition coefficient (Wildman–Crippen LogP) is 3.80. The van der Waals surface area contributed by atoms with Crippen molar-refractivity contribution in [1.82, 2.24) is 5.32 Å². The van der Waals surface area contributed by atoms with Gasteiger partial charge in [0.1, 0.15) is 11.8 Å². The SMILES string of the molecule is O=C(N[C@@H]1C(=O)c2ccccc2O[C@H]1c1ccccc1)c1ccccc1. The third kappa shape index (κ3) is 2.97. The Labute approximate surface area is 151 Å². The van der Waals surface area contributed by atoms with E-state index in [-0.39, 0.29) is 11.7 Å². The molecule has 0 saturated heterocycles. The van der Waals surface area contributed by atoms with E-state index < -0.39 is 12.1 Å². The van der Waals surface area contributed by atoms with Gasteiger partial charge in [0.05, 0.1) is 5.56 Å². The van der Waals surface area contributed by atoms with Crippen LogP contribution in [-0.4, -0.2) is 17.7 Å². The van der Waals surface area contributed by atoms with Crippen molar-refractivity contribution in [2.45, 2.75) is 12.1 Å². The Hall–Kier alpha value is -3.40. The molecule has 4 nitrogen and oxygen atoms in total. The second-order valence-corrected chi connectivity index (χ2v) is 6.13. The van der Waals surface area contributed by atoms with Gasteiger partial charge >= 0.3 is 0 Å². The monoisotopic (exact) mass is 343 g/mol. The zero-order chi connectivity index (χ0) is 17.9. The lowest BCUT2D eigenvalue weighted by Crippen LogP contribution is -2.49. The summed E-state index contributed by atoms with van der Waals surface area (Å²) < 4.78 is 6.10. The molecule has 128 valence electrons. The fraction of sp³-hybridized carbons (Fsp3) is 0.0909. The van der Waals surface area contributed by atoms with Gasteiger partial charge in [-0.25, -0.2) is 0 Å². The number of hydrogen-bond acceptors (Lipinski definition) is 3. The average molecular weight is 343 g/mol. The number of rotatable bonds is 3. The Kier molecular flexibility index (Phi) is 4.23. The van der Waals surface area contributed by atoms with E-state index in [2.05, 4.69) is 5.32 Å². The van der Waals surface area contributed by atoms with Crippen LogP contribution in [0, 0.1) is 0 Å². The first-order chi connectivity index (χ1) is 12.7. The molecule has 0 bridgehead atoms. The van der Waals surface area contributed by atoms with Crippen molar-refractivity contribution < 1.29 is 14.3 Å². The van der Waals surface area contributed by atoms with Crippen molar-refractivity contribution in [3.63, 3.8) is 0 Å². The second-order valence-electron chi connectivity index (χ2n) is 6.13. The Morgan fingerprint density at radius 1 is 0.808 bits per heavy atom. The third-order valence-electron chi connectivity index (χ3n) is 4.44. The molecule has 0 unspecified atom stereocenters. The summed E-state index contributed by atoms with van der Waals surface area (Å²) in [5.41, 5.74) is 1.83. The van der Waals surface area contributed by atoms with Crippen LogP contribution in [0.25, 0.3) is 0 Å². The number of carbonyl (C=O) groups excluding carboxylic acids is 2. The number of nitrogens with one attached hydrogen (secondary N) is 1. The molecule has 0 aromatic heterocycles. The molecule has 1 heterocycles. The smallest absolute Gasteiger partial charge is 0.252 e. The molecule has 0 fully saturated rings. The normalized spacial score (nSPS) is 18.5. The van der Waals surface area contributed by atoms with E-state index in [1.807, 2.05) is 42.5 Å². The Morgan fingerprint density at radius 2 is 1.42 bits per heavy atom. The van der Waals surface area contributed by atoms with Crippen molar-refractivity contribution >= 4 is 11.7 Å². The molecule has 26 heavy (non-hydrogen) atoms. The minimum atomic E-state index is -0.792. The molecule has 3 aromatic carbocycles. The van der Waals surface area contributed by atoms with Gasteiger partial charge < -0.3 is 10.1 Å². The van der Waals surface area contributed by atoms with E-state index >= 15 is 0 Å². The minimum Gasteiger partial charge on any atom is -0.482 e. The van der Waals surface area contributed by atoms with Crippen LogP contribution in [0.3, 0.4) is 0 Å². The van der Waals surface area contributed by atoms with Gasteiger partial charge in [0, 0.05) is 5.56 Å². The Bertz CT molecular complexity index is 938. The van der Waals surface area contributed by atoms with E-state index in [1.54, 1.807) is 42.5 Å². The lowest BCUT2D eigenvalue weighted by molar-refractivity contribution is 0.0673. The summed E-state index contributed by atoms with van der Waals surface area (Å²) in [6.45, 7) is 0. The molecular formula is C22H17NO3. The largest absolute Gasteiger partial charge is 0.482 e. The predicted molar refractivity (Wildman–Crippen MR) is 98.3 cm³/mol. The summed E-state index contributed by atoms with van der Waals surface area (Å²) in [6, 6.07) is 24.7. The van der Waals surface area contributed by atoms with E-state index in [0.29, 0.717) is 16.9 Å². The first-order valence-corrected chi connectivity index (χ1v) is 8.45. The number of ketones is 1. The van der Waals surface area contributed by atoms with Crippen molar-refractivity contribution in [3.05, 3.63) is 102 Å². The van der Waals surface area contributed by atoms with Crippen LogP contribution in [0.2, 0.25) is 0 Å². The highest BCUT2D eigenvalue weighted by Crippen LogP contribution is 2.35. The molecular weight excluding hydrogens is 326 g/mol. The van der Waals surface area contributed by atoms with Gasteiger partial charge in [-0.05, 0) is 29.8 Å². The maximum atomic E-state index is 13.1. The number of ether oxygens (including phenoxy) is 1. The lowest BCUT2D eigenvalue weighted by Gasteiger charge is -2.33. The van der Waals surface area contributed by atoms with E-state index in [4.69, 9.17) is 4.74 Å². The van der Waals surface area contributed by atoms with Gasteiger partial charge in [-0.1, -0.05) is 60.7 Å². The highest BCUT2D eigenvalue weighted by Gasteiger charge is 2.39. The third-order valence-corrected chi connectivity index (χ3v) is 4.44. The molecule has 2 atom stereocenters. The molecule has 3 aromatic rings. The number of benzene rings is 3. The zero-order valence-corrected chi connectivity index (χ0v) is 14.0. The van der Waals surface area contributed by atoms with E-state index in [1.165, 1.54) is 0 Å². The summed E-state index contributed by atoms with van der Waals surface area (Å²) in [6.07, 6.45) is -0.578. The Balaban J connectivity index is 1.71. The summed E-state index contributed by atoms with van der Waals surface area (Å²) in [7, 11) is 0. The first kappa shape index (κ1) is 16.1.